The van der Waals surface area contributed by atoms with Gasteiger partial charge in [0, 0.05) is 25.5 Å². The van der Waals surface area contributed by atoms with Gasteiger partial charge < -0.3 is 9.15 Å². The third-order valence-electron chi connectivity index (χ3n) is 4.64. The van der Waals surface area contributed by atoms with E-state index in [0.29, 0.717) is 17.5 Å². The second-order valence-electron chi connectivity index (χ2n) is 6.46. The average molecular weight is 351 g/mol. The monoisotopic (exact) mass is 351 g/mol. The minimum absolute atomic E-state index is 0.250. The molecule has 1 fully saturated rings. The molecule has 0 bridgehead atoms. The van der Waals surface area contributed by atoms with Crippen molar-refractivity contribution in [1.29, 1.82) is 0 Å². The zero-order valence-corrected chi connectivity index (χ0v) is 14.7. The molecule has 0 spiro atoms. The van der Waals surface area contributed by atoms with E-state index in [0.717, 1.165) is 38.2 Å². The van der Waals surface area contributed by atoms with Crippen LogP contribution in [0, 0.1) is 0 Å². The van der Waals surface area contributed by atoms with Gasteiger partial charge in [0.1, 0.15) is 11.4 Å². The Bertz CT molecular complexity index is 835. The second-order valence-corrected chi connectivity index (χ2v) is 6.46. The summed E-state index contributed by atoms with van der Waals surface area (Å²) in [5.74, 6) is 2.25. The van der Waals surface area contributed by atoms with Crippen molar-refractivity contribution < 1.29 is 9.15 Å². The number of hydrogen-bond donors (Lipinski definition) is 0. The summed E-state index contributed by atoms with van der Waals surface area (Å²) in [7, 11) is 1.68. The lowest BCUT2D eigenvalue weighted by Crippen LogP contribution is -2.34. The molecule has 26 heavy (non-hydrogen) atoms. The fourth-order valence-corrected chi connectivity index (χ4v) is 3.30. The summed E-state index contributed by atoms with van der Waals surface area (Å²) in [5, 5.41) is 8.39. The molecular weight excluding hydrogens is 330 g/mol. The van der Waals surface area contributed by atoms with E-state index in [1.54, 1.807) is 25.7 Å². The number of ether oxygens (including phenoxy) is 1. The first kappa shape index (κ1) is 16.7. The summed E-state index contributed by atoms with van der Waals surface area (Å²) in [6, 6.07) is 8.23. The largest absolute Gasteiger partial charge is 0.497 e. The highest BCUT2D eigenvalue weighted by Crippen LogP contribution is 2.28. The van der Waals surface area contributed by atoms with Crippen molar-refractivity contribution in [2.75, 3.05) is 20.2 Å². The maximum absolute atomic E-state index is 5.87. The molecule has 0 unspecified atom stereocenters. The Balaban J connectivity index is 1.42. The summed E-state index contributed by atoms with van der Waals surface area (Å²) in [6.45, 7) is 2.90. The predicted molar refractivity (Wildman–Crippen MR) is 95.6 cm³/mol. The Morgan fingerprint density at radius 2 is 2.08 bits per heavy atom. The van der Waals surface area contributed by atoms with E-state index in [1.807, 2.05) is 12.1 Å². The number of benzene rings is 1. The maximum atomic E-state index is 5.87. The number of piperidine rings is 1. The highest BCUT2D eigenvalue weighted by molar-refractivity contribution is 5.43. The van der Waals surface area contributed by atoms with Crippen LogP contribution < -0.4 is 4.74 Å². The summed E-state index contributed by atoms with van der Waals surface area (Å²) >= 11 is 0. The van der Waals surface area contributed by atoms with Gasteiger partial charge in [0.2, 0.25) is 5.89 Å². The quantitative estimate of drug-likeness (QED) is 0.699. The molecule has 134 valence electrons. The maximum Gasteiger partial charge on any atom is 0.267 e. The Hall–Kier alpha value is -2.80. The van der Waals surface area contributed by atoms with Gasteiger partial charge in [-0.3, -0.25) is 9.88 Å². The molecule has 1 aliphatic heterocycles. The molecule has 4 rings (SSSR count). The third kappa shape index (κ3) is 3.72. The fraction of sp³-hybridized carbons (Fsp3) is 0.368. The van der Waals surface area contributed by atoms with E-state index in [2.05, 4.69) is 37.2 Å². The highest BCUT2D eigenvalue weighted by Gasteiger charge is 2.26. The lowest BCUT2D eigenvalue weighted by molar-refractivity contribution is 0.186. The molecule has 1 atom stereocenters. The first-order chi connectivity index (χ1) is 12.8. The number of hydrogen-bond acceptors (Lipinski definition) is 7. The normalized spacial score (nSPS) is 18.0. The standard InChI is InChI=1S/C19H21N5O2/c1-25-16-6-4-14(5-7-16)12-24-10-2-3-15(13-24)18-22-23-19(26-18)17-11-20-8-9-21-17/h4-9,11,15H,2-3,10,12-13H2,1H3/t15-/m1/s1. The van der Waals surface area contributed by atoms with Crippen LogP contribution in [0.2, 0.25) is 0 Å². The van der Waals surface area contributed by atoms with E-state index >= 15 is 0 Å². The first-order valence-electron chi connectivity index (χ1n) is 8.77. The van der Waals surface area contributed by atoms with Crippen molar-refractivity contribution in [3.63, 3.8) is 0 Å². The molecule has 0 aliphatic carbocycles. The average Bonchev–Trinajstić information content (AvgIpc) is 3.20. The van der Waals surface area contributed by atoms with Crippen LogP contribution in [0.15, 0.2) is 47.3 Å². The molecule has 1 saturated heterocycles. The van der Waals surface area contributed by atoms with Crippen LogP contribution in [0.25, 0.3) is 11.6 Å². The molecule has 0 saturated carbocycles. The summed E-state index contributed by atoms with van der Waals surface area (Å²) in [6.07, 6.45) is 7.05. The Morgan fingerprint density at radius 3 is 2.85 bits per heavy atom. The van der Waals surface area contributed by atoms with Gasteiger partial charge in [0.25, 0.3) is 5.89 Å². The summed E-state index contributed by atoms with van der Waals surface area (Å²) in [4.78, 5) is 10.7. The molecule has 1 aromatic carbocycles. The second kappa shape index (κ2) is 7.61. The first-order valence-corrected chi connectivity index (χ1v) is 8.77. The molecule has 2 aromatic heterocycles. The summed E-state index contributed by atoms with van der Waals surface area (Å²) < 4.78 is 11.1. The van der Waals surface area contributed by atoms with E-state index in [-0.39, 0.29) is 5.92 Å². The Morgan fingerprint density at radius 1 is 1.19 bits per heavy atom. The SMILES string of the molecule is COc1ccc(CN2CCC[C@@H](c3nnc(-c4cnccn4)o3)C2)cc1. The van der Waals surface area contributed by atoms with Crippen molar-refractivity contribution in [2.45, 2.75) is 25.3 Å². The lowest BCUT2D eigenvalue weighted by Gasteiger charge is -2.31. The van der Waals surface area contributed by atoms with E-state index in [9.17, 15) is 0 Å². The van der Waals surface area contributed by atoms with Crippen molar-refractivity contribution in [2.24, 2.45) is 0 Å². The molecule has 7 heteroatoms. The van der Waals surface area contributed by atoms with Gasteiger partial charge in [-0.2, -0.15) is 0 Å². The van der Waals surface area contributed by atoms with Crippen molar-refractivity contribution >= 4 is 0 Å². The number of nitrogens with zero attached hydrogens (tertiary/aromatic N) is 5. The molecule has 0 radical (unpaired) electrons. The smallest absolute Gasteiger partial charge is 0.267 e. The van der Waals surface area contributed by atoms with Gasteiger partial charge in [-0.1, -0.05) is 12.1 Å². The third-order valence-corrected chi connectivity index (χ3v) is 4.64. The van der Waals surface area contributed by atoms with E-state index < -0.39 is 0 Å². The van der Waals surface area contributed by atoms with E-state index in [1.165, 1.54) is 5.56 Å². The Kier molecular flexibility index (Phi) is 4.88. The summed E-state index contributed by atoms with van der Waals surface area (Å²) in [5.41, 5.74) is 1.88. The number of likely N-dealkylation sites (tertiary alicyclic amines) is 1. The minimum Gasteiger partial charge on any atom is -0.497 e. The lowest BCUT2D eigenvalue weighted by atomic mass is 9.97. The molecule has 0 amide bonds. The number of rotatable bonds is 5. The Labute approximate surface area is 152 Å². The van der Waals surface area contributed by atoms with Gasteiger partial charge in [0.15, 0.2) is 0 Å². The van der Waals surface area contributed by atoms with Gasteiger partial charge in [-0.05, 0) is 37.1 Å². The van der Waals surface area contributed by atoms with Gasteiger partial charge >= 0.3 is 0 Å². The number of aromatic nitrogens is 4. The van der Waals surface area contributed by atoms with Gasteiger partial charge in [-0.25, -0.2) is 4.98 Å². The molecular formula is C19H21N5O2. The number of methoxy groups -OCH3 is 1. The zero-order valence-electron chi connectivity index (χ0n) is 14.7. The molecule has 3 aromatic rings. The van der Waals surface area contributed by atoms with Crippen molar-refractivity contribution in [3.05, 3.63) is 54.3 Å². The molecule has 7 nitrogen and oxygen atoms in total. The predicted octanol–water partition coefficient (Wildman–Crippen LogP) is 2.91. The zero-order chi connectivity index (χ0) is 17.8. The van der Waals surface area contributed by atoms with Crippen LogP contribution in [0.5, 0.6) is 5.75 Å². The van der Waals surface area contributed by atoms with Crippen LogP contribution in [0.4, 0.5) is 0 Å². The van der Waals surface area contributed by atoms with E-state index in [4.69, 9.17) is 9.15 Å². The molecule has 0 N–H and O–H groups in total. The van der Waals surface area contributed by atoms with Crippen LogP contribution in [-0.4, -0.2) is 45.3 Å². The topological polar surface area (TPSA) is 77.2 Å². The molecule has 3 heterocycles. The van der Waals surface area contributed by atoms with Crippen molar-refractivity contribution in [3.8, 4) is 17.3 Å². The fourth-order valence-electron chi connectivity index (χ4n) is 3.30. The van der Waals surface area contributed by atoms with Crippen LogP contribution in [-0.2, 0) is 6.54 Å². The highest BCUT2D eigenvalue weighted by atomic mass is 16.5. The van der Waals surface area contributed by atoms with Gasteiger partial charge in [0.05, 0.1) is 19.2 Å². The van der Waals surface area contributed by atoms with Crippen LogP contribution in [0.3, 0.4) is 0 Å². The molecule has 1 aliphatic rings. The minimum atomic E-state index is 0.250. The van der Waals surface area contributed by atoms with Crippen LogP contribution in [0.1, 0.15) is 30.2 Å². The van der Waals surface area contributed by atoms with Gasteiger partial charge in [-0.15, -0.1) is 10.2 Å². The van der Waals surface area contributed by atoms with Crippen LogP contribution >= 0.6 is 0 Å². The van der Waals surface area contributed by atoms with Crippen molar-refractivity contribution in [1.82, 2.24) is 25.1 Å².